The maximum absolute atomic E-state index is 12.8. The van der Waals surface area contributed by atoms with Gasteiger partial charge < -0.3 is 16.0 Å². The fraction of sp³-hybridized carbons (Fsp3) is 0.462. The zero-order valence-electron chi connectivity index (χ0n) is 13.8. The Morgan fingerprint density at radius 3 is 2.36 bits per heavy atom. The van der Waals surface area contributed by atoms with Crippen LogP contribution in [0.2, 0.25) is 5.02 Å². The molecule has 0 radical (unpaired) electrons. The number of benzene rings is 1. The van der Waals surface area contributed by atoms with Crippen molar-refractivity contribution in [1.29, 1.82) is 0 Å². The number of nitrogens with one attached hydrogen (secondary N) is 1. The van der Waals surface area contributed by atoms with E-state index in [1.54, 1.807) is 14.1 Å². The van der Waals surface area contributed by atoms with Crippen molar-refractivity contribution in [3.63, 3.8) is 0 Å². The number of hydrogen-bond donors (Lipinski definition) is 2. The van der Waals surface area contributed by atoms with E-state index < -0.39 is 24.9 Å². The smallest absolute Gasteiger partial charge is 0.285 e. The van der Waals surface area contributed by atoms with Crippen LogP contribution < -0.4 is 11.1 Å². The quantitative estimate of drug-likeness (QED) is 0.391. The van der Waals surface area contributed by atoms with E-state index in [4.69, 9.17) is 17.3 Å². The van der Waals surface area contributed by atoms with Crippen LogP contribution in [-0.4, -0.2) is 72.7 Å². The minimum Gasteiger partial charge on any atom is -0.398 e. The van der Waals surface area contributed by atoms with Gasteiger partial charge >= 0.3 is 0 Å². The summed E-state index contributed by atoms with van der Waals surface area (Å²) in [6, 6.07) is 2.09. The summed E-state index contributed by atoms with van der Waals surface area (Å²) in [5, 5.41) is 2.86. The number of nitrogen functional groups attached to an aromatic ring is 1. The molecule has 0 aromatic heterocycles. The van der Waals surface area contributed by atoms with Crippen molar-refractivity contribution in [3.05, 3.63) is 17.2 Å². The van der Waals surface area contributed by atoms with E-state index in [9.17, 15) is 16.8 Å². The number of hydrogen-bond acceptors (Lipinski definition) is 6. The number of rotatable bonds is 5. The Hall–Kier alpha value is -1.40. The highest BCUT2D eigenvalue weighted by atomic mass is 35.5. The predicted molar refractivity (Wildman–Crippen MR) is 96.9 cm³/mol. The van der Waals surface area contributed by atoms with Gasteiger partial charge in [-0.3, -0.25) is 0 Å². The lowest BCUT2D eigenvalue weighted by Gasteiger charge is -2.27. The molecule has 140 valence electrons. The highest BCUT2D eigenvalue weighted by Gasteiger charge is 2.30. The molecular formula is C13H20ClN5O4S2. The van der Waals surface area contributed by atoms with Crippen molar-refractivity contribution < 1.29 is 16.8 Å². The minimum atomic E-state index is -4.17. The van der Waals surface area contributed by atoms with Crippen LogP contribution in [0.5, 0.6) is 0 Å². The summed E-state index contributed by atoms with van der Waals surface area (Å²) in [6.45, 7) is 1.55. The fourth-order valence-corrected chi connectivity index (χ4v) is 5.31. The zero-order valence-corrected chi connectivity index (χ0v) is 16.2. The Labute approximate surface area is 152 Å². The third kappa shape index (κ3) is 4.42. The van der Waals surface area contributed by atoms with Gasteiger partial charge in [0.1, 0.15) is 16.1 Å². The fourth-order valence-electron chi connectivity index (χ4n) is 2.21. The summed E-state index contributed by atoms with van der Waals surface area (Å²) in [6.07, 6.45) is 1.09. The SMILES string of the molecule is CN(C)C=NS(=O)(=O)c1cc(S(=O)(=O)N2CCNCC2)c(N)cc1Cl. The molecule has 3 N–H and O–H groups in total. The van der Waals surface area contributed by atoms with Gasteiger partial charge in [-0.15, -0.1) is 4.40 Å². The molecule has 1 aromatic carbocycles. The van der Waals surface area contributed by atoms with Gasteiger partial charge in [-0.25, -0.2) is 8.42 Å². The van der Waals surface area contributed by atoms with Crippen LogP contribution in [0.4, 0.5) is 5.69 Å². The number of halogens is 1. The van der Waals surface area contributed by atoms with Crippen LogP contribution in [0.25, 0.3) is 0 Å². The lowest BCUT2D eigenvalue weighted by molar-refractivity contribution is 0.360. The van der Waals surface area contributed by atoms with Crippen molar-refractivity contribution in [2.75, 3.05) is 46.0 Å². The van der Waals surface area contributed by atoms with E-state index in [1.807, 2.05) is 0 Å². The molecule has 0 unspecified atom stereocenters. The maximum Gasteiger partial charge on any atom is 0.285 e. The topological polar surface area (TPSA) is 125 Å². The molecule has 25 heavy (non-hydrogen) atoms. The average molecular weight is 410 g/mol. The molecule has 1 aliphatic heterocycles. The predicted octanol–water partition coefficient (Wildman–Crippen LogP) is -0.205. The first-order chi connectivity index (χ1) is 11.6. The van der Waals surface area contributed by atoms with Crippen molar-refractivity contribution in [3.8, 4) is 0 Å². The monoisotopic (exact) mass is 409 g/mol. The Balaban J connectivity index is 2.55. The van der Waals surface area contributed by atoms with Gasteiger partial charge in [0.25, 0.3) is 10.0 Å². The molecule has 0 atom stereocenters. The molecule has 1 aliphatic rings. The highest BCUT2D eigenvalue weighted by molar-refractivity contribution is 7.90. The first kappa shape index (κ1) is 19.9. The van der Waals surface area contributed by atoms with Crippen LogP contribution >= 0.6 is 11.6 Å². The molecule has 0 saturated carbocycles. The van der Waals surface area contributed by atoms with E-state index in [2.05, 4.69) is 9.71 Å². The third-order valence-corrected chi connectivity index (χ3v) is 7.10. The zero-order chi connectivity index (χ0) is 18.8. The van der Waals surface area contributed by atoms with E-state index in [0.717, 1.165) is 18.5 Å². The van der Waals surface area contributed by atoms with Crippen molar-refractivity contribution in [2.24, 2.45) is 4.40 Å². The Morgan fingerprint density at radius 2 is 1.80 bits per heavy atom. The number of anilines is 1. The second kappa shape index (κ2) is 7.46. The van der Waals surface area contributed by atoms with Crippen LogP contribution in [0, 0.1) is 0 Å². The molecule has 9 nitrogen and oxygen atoms in total. The van der Waals surface area contributed by atoms with Gasteiger partial charge in [0.2, 0.25) is 10.0 Å². The van der Waals surface area contributed by atoms with Gasteiger partial charge in [-0.05, 0) is 12.1 Å². The van der Waals surface area contributed by atoms with Crippen molar-refractivity contribution >= 4 is 43.7 Å². The molecule has 12 heteroatoms. The van der Waals surface area contributed by atoms with Gasteiger partial charge in [0.05, 0.1) is 10.7 Å². The summed E-state index contributed by atoms with van der Waals surface area (Å²) in [4.78, 5) is 0.730. The van der Waals surface area contributed by atoms with Crippen molar-refractivity contribution in [1.82, 2.24) is 14.5 Å². The first-order valence-corrected chi connectivity index (χ1v) is 10.6. The Kier molecular flexibility index (Phi) is 5.94. The summed E-state index contributed by atoms with van der Waals surface area (Å²) in [5.41, 5.74) is 5.69. The number of sulfonamides is 2. The summed E-state index contributed by atoms with van der Waals surface area (Å²) >= 11 is 5.97. The molecule has 2 rings (SSSR count). The van der Waals surface area contributed by atoms with Gasteiger partial charge in [-0.2, -0.15) is 12.7 Å². The standard InChI is InChI=1S/C13H20ClN5O4S2/c1-18(2)9-17-24(20,21)12-8-13(11(15)7-10(12)14)25(22,23)19-5-3-16-4-6-19/h7-9,16H,3-6,15H2,1-2H3. The molecule has 1 heterocycles. The molecule has 0 amide bonds. The van der Waals surface area contributed by atoms with Gasteiger partial charge in [0, 0.05) is 40.3 Å². The lowest BCUT2D eigenvalue weighted by atomic mass is 10.3. The molecule has 0 spiro atoms. The second-order valence-electron chi connectivity index (χ2n) is 5.63. The van der Waals surface area contributed by atoms with Gasteiger partial charge in [-0.1, -0.05) is 11.6 Å². The average Bonchev–Trinajstić information content (AvgIpc) is 2.53. The molecular weight excluding hydrogens is 390 g/mol. The van der Waals surface area contributed by atoms with Crippen LogP contribution in [-0.2, 0) is 20.0 Å². The molecule has 1 fully saturated rings. The minimum absolute atomic E-state index is 0.112. The normalized spacial score (nSPS) is 17.1. The Morgan fingerprint density at radius 1 is 1.20 bits per heavy atom. The molecule has 1 aromatic rings. The summed E-state index contributed by atoms with van der Waals surface area (Å²) in [7, 11) is -4.91. The third-order valence-electron chi connectivity index (χ3n) is 3.45. The summed E-state index contributed by atoms with van der Waals surface area (Å²) in [5.74, 6) is 0. The molecule has 0 aliphatic carbocycles. The lowest BCUT2D eigenvalue weighted by Crippen LogP contribution is -2.46. The number of nitrogens with zero attached hydrogens (tertiary/aromatic N) is 3. The van der Waals surface area contributed by atoms with E-state index in [0.29, 0.717) is 13.1 Å². The molecule has 1 saturated heterocycles. The first-order valence-electron chi connectivity index (χ1n) is 7.32. The van der Waals surface area contributed by atoms with E-state index >= 15 is 0 Å². The molecule has 0 bridgehead atoms. The van der Waals surface area contributed by atoms with E-state index in [1.165, 1.54) is 9.21 Å². The number of nitrogens with two attached hydrogens (primary N) is 1. The van der Waals surface area contributed by atoms with Crippen LogP contribution in [0.15, 0.2) is 26.3 Å². The maximum atomic E-state index is 12.8. The van der Waals surface area contributed by atoms with Crippen molar-refractivity contribution in [2.45, 2.75) is 9.79 Å². The largest absolute Gasteiger partial charge is 0.398 e. The van der Waals surface area contributed by atoms with E-state index in [-0.39, 0.29) is 28.7 Å². The van der Waals surface area contributed by atoms with Crippen LogP contribution in [0.1, 0.15) is 0 Å². The number of piperazine rings is 1. The van der Waals surface area contributed by atoms with Gasteiger partial charge in [0.15, 0.2) is 0 Å². The van der Waals surface area contributed by atoms with Crippen LogP contribution in [0.3, 0.4) is 0 Å². The Bertz CT molecular complexity index is 878. The highest BCUT2D eigenvalue weighted by Crippen LogP contribution is 2.32. The summed E-state index contributed by atoms with van der Waals surface area (Å²) < 4.78 is 55.0. The second-order valence-corrected chi connectivity index (χ2v) is 9.55.